The molecule has 3 aromatic rings. The number of benzene rings is 2. The van der Waals surface area contributed by atoms with Gasteiger partial charge in [0.2, 0.25) is 10.0 Å². The summed E-state index contributed by atoms with van der Waals surface area (Å²) >= 11 is 6.25. The summed E-state index contributed by atoms with van der Waals surface area (Å²) in [5, 5.41) is 7.64. The van der Waals surface area contributed by atoms with E-state index < -0.39 is 15.9 Å². The summed E-state index contributed by atoms with van der Waals surface area (Å²) < 4.78 is 39.6. The van der Waals surface area contributed by atoms with Gasteiger partial charge >= 0.3 is 0 Å². The van der Waals surface area contributed by atoms with E-state index in [1.165, 1.54) is 29.6 Å². The zero-order valence-corrected chi connectivity index (χ0v) is 19.5. The van der Waals surface area contributed by atoms with Gasteiger partial charge in [-0.25, -0.2) is 13.1 Å². The maximum absolute atomic E-state index is 13.1. The summed E-state index contributed by atoms with van der Waals surface area (Å²) in [7, 11) is -2.35. The Morgan fingerprint density at radius 3 is 2.67 bits per heavy atom. The maximum Gasteiger partial charge on any atom is 0.260 e. The molecule has 1 aromatic heterocycles. The van der Waals surface area contributed by atoms with Crippen LogP contribution in [0.25, 0.3) is 0 Å². The minimum absolute atomic E-state index is 0.0138. The molecule has 0 spiro atoms. The number of methoxy groups -OCH3 is 1. The molecule has 0 atom stereocenters. The molecule has 33 heavy (non-hydrogen) atoms. The number of carbonyl (C=O) groups excluding carboxylic acids is 1. The SMILES string of the molecule is COc1ccc(S(=O)(=O)N2CCOCC2)cc1C(=O)Nc1ccnn1Cc1ccccc1Cl. The molecule has 174 valence electrons. The standard InChI is InChI=1S/C22H23ClN4O5S/c1-31-20-7-6-17(33(29,30)26-10-12-32-13-11-26)14-18(20)22(28)25-21-8-9-24-27(21)15-16-4-2-3-5-19(16)23/h2-9,14H,10-13,15H2,1H3,(H,25,28). The van der Waals surface area contributed by atoms with E-state index in [0.717, 1.165) is 5.56 Å². The van der Waals surface area contributed by atoms with E-state index in [1.807, 2.05) is 18.2 Å². The van der Waals surface area contributed by atoms with E-state index in [1.54, 1.807) is 23.0 Å². The Labute approximate surface area is 196 Å². The fourth-order valence-electron chi connectivity index (χ4n) is 3.50. The molecule has 9 nitrogen and oxygen atoms in total. The highest BCUT2D eigenvalue weighted by atomic mass is 35.5. The number of ether oxygens (including phenoxy) is 2. The second kappa shape index (κ2) is 9.92. The van der Waals surface area contributed by atoms with Crippen LogP contribution in [0.2, 0.25) is 5.02 Å². The number of rotatable bonds is 7. The van der Waals surface area contributed by atoms with Crippen molar-refractivity contribution in [3.8, 4) is 5.75 Å². The molecule has 0 unspecified atom stereocenters. The number of nitrogens with zero attached hydrogens (tertiary/aromatic N) is 3. The zero-order chi connectivity index (χ0) is 23.4. The van der Waals surface area contributed by atoms with Gasteiger partial charge in [0, 0.05) is 24.2 Å². The first-order valence-electron chi connectivity index (χ1n) is 10.2. The summed E-state index contributed by atoms with van der Waals surface area (Å²) in [5.41, 5.74) is 0.937. The molecule has 2 heterocycles. The van der Waals surface area contributed by atoms with E-state index in [0.29, 0.717) is 30.6 Å². The van der Waals surface area contributed by atoms with Crippen molar-refractivity contribution in [1.29, 1.82) is 0 Å². The largest absolute Gasteiger partial charge is 0.496 e. The van der Waals surface area contributed by atoms with E-state index in [4.69, 9.17) is 21.1 Å². The van der Waals surface area contributed by atoms with Crippen molar-refractivity contribution < 1.29 is 22.7 Å². The number of amides is 1. The van der Waals surface area contributed by atoms with Gasteiger partial charge in [-0.3, -0.25) is 4.79 Å². The molecule has 1 amide bonds. The van der Waals surface area contributed by atoms with Gasteiger partial charge in [0.15, 0.2) is 0 Å². The number of hydrogen-bond acceptors (Lipinski definition) is 6. The molecule has 1 N–H and O–H groups in total. The molecule has 1 fully saturated rings. The molecule has 2 aromatic carbocycles. The normalized spacial score (nSPS) is 14.7. The summed E-state index contributed by atoms with van der Waals surface area (Å²) in [6.07, 6.45) is 1.56. The lowest BCUT2D eigenvalue weighted by Gasteiger charge is -2.26. The number of sulfonamides is 1. The van der Waals surface area contributed by atoms with Gasteiger partial charge in [-0.05, 0) is 29.8 Å². The smallest absolute Gasteiger partial charge is 0.260 e. The van der Waals surface area contributed by atoms with Crippen LogP contribution in [-0.2, 0) is 21.3 Å². The lowest BCUT2D eigenvalue weighted by molar-refractivity contribution is 0.0730. The predicted molar refractivity (Wildman–Crippen MR) is 123 cm³/mol. The second-order valence-electron chi connectivity index (χ2n) is 7.30. The Bertz CT molecular complexity index is 1260. The minimum atomic E-state index is -3.77. The van der Waals surface area contributed by atoms with Crippen LogP contribution >= 0.6 is 11.6 Å². The van der Waals surface area contributed by atoms with Crippen molar-refractivity contribution in [3.63, 3.8) is 0 Å². The lowest BCUT2D eigenvalue weighted by Crippen LogP contribution is -2.40. The first-order chi connectivity index (χ1) is 15.9. The van der Waals surface area contributed by atoms with Gasteiger partial charge in [0.25, 0.3) is 5.91 Å². The molecule has 1 aliphatic rings. The summed E-state index contributed by atoms with van der Waals surface area (Å²) in [6, 6.07) is 13.2. The van der Waals surface area contributed by atoms with E-state index >= 15 is 0 Å². The van der Waals surface area contributed by atoms with E-state index in [-0.39, 0.29) is 29.3 Å². The van der Waals surface area contributed by atoms with E-state index in [2.05, 4.69) is 10.4 Å². The summed E-state index contributed by atoms with van der Waals surface area (Å²) in [5.74, 6) is 0.167. The van der Waals surface area contributed by atoms with Crippen LogP contribution in [0.1, 0.15) is 15.9 Å². The van der Waals surface area contributed by atoms with Crippen molar-refractivity contribution >= 4 is 33.3 Å². The average molecular weight is 491 g/mol. The second-order valence-corrected chi connectivity index (χ2v) is 9.64. The van der Waals surface area contributed by atoms with Gasteiger partial charge in [0.05, 0.1) is 43.5 Å². The van der Waals surface area contributed by atoms with Gasteiger partial charge < -0.3 is 14.8 Å². The Kier molecular flexibility index (Phi) is 6.99. The van der Waals surface area contributed by atoms with Crippen molar-refractivity contribution in [2.75, 3.05) is 38.7 Å². The number of hydrogen-bond donors (Lipinski definition) is 1. The van der Waals surface area contributed by atoms with Crippen molar-refractivity contribution in [2.45, 2.75) is 11.4 Å². The van der Waals surface area contributed by atoms with Crippen LogP contribution in [0.4, 0.5) is 5.82 Å². The third-order valence-corrected chi connectivity index (χ3v) is 7.52. The minimum Gasteiger partial charge on any atom is -0.496 e. The van der Waals surface area contributed by atoms with Gasteiger partial charge in [0.1, 0.15) is 11.6 Å². The number of anilines is 1. The lowest BCUT2D eigenvalue weighted by atomic mass is 10.2. The third-order valence-electron chi connectivity index (χ3n) is 5.26. The first-order valence-corrected chi connectivity index (χ1v) is 12.0. The number of halogens is 1. The zero-order valence-electron chi connectivity index (χ0n) is 17.9. The Morgan fingerprint density at radius 2 is 1.94 bits per heavy atom. The van der Waals surface area contributed by atoms with E-state index in [9.17, 15) is 13.2 Å². The van der Waals surface area contributed by atoms with Crippen LogP contribution in [0.15, 0.2) is 59.6 Å². The Balaban J connectivity index is 1.59. The molecule has 0 saturated carbocycles. The molecule has 1 saturated heterocycles. The Hall–Kier alpha value is -2.92. The van der Waals surface area contributed by atoms with Crippen LogP contribution < -0.4 is 10.1 Å². The molecular formula is C22H23ClN4O5S. The molecule has 0 bridgehead atoms. The summed E-state index contributed by atoms with van der Waals surface area (Å²) in [4.78, 5) is 13.1. The van der Waals surface area contributed by atoms with Crippen LogP contribution in [0.5, 0.6) is 5.75 Å². The average Bonchev–Trinajstić information content (AvgIpc) is 3.27. The topological polar surface area (TPSA) is 103 Å². The van der Waals surface area contributed by atoms with Crippen LogP contribution in [0, 0.1) is 0 Å². The first kappa shape index (κ1) is 23.2. The molecule has 0 radical (unpaired) electrons. The third kappa shape index (κ3) is 5.03. The molecular weight excluding hydrogens is 468 g/mol. The number of nitrogens with one attached hydrogen (secondary N) is 1. The van der Waals surface area contributed by atoms with Crippen molar-refractivity contribution in [2.24, 2.45) is 0 Å². The van der Waals surface area contributed by atoms with Gasteiger partial charge in [-0.15, -0.1) is 0 Å². The highest BCUT2D eigenvalue weighted by Crippen LogP contribution is 2.26. The van der Waals surface area contributed by atoms with Gasteiger partial charge in [-0.2, -0.15) is 9.40 Å². The number of aromatic nitrogens is 2. The fraction of sp³-hybridized carbons (Fsp3) is 0.273. The predicted octanol–water partition coefficient (Wildman–Crippen LogP) is 2.87. The number of carbonyl (C=O) groups is 1. The maximum atomic E-state index is 13.1. The number of morpholine rings is 1. The van der Waals surface area contributed by atoms with Crippen molar-refractivity contribution in [1.82, 2.24) is 14.1 Å². The molecule has 0 aliphatic carbocycles. The van der Waals surface area contributed by atoms with Crippen LogP contribution in [0.3, 0.4) is 0 Å². The van der Waals surface area contributed by atoms with Crippen molar-refractivity contribution in [3.05, 3.63) is 70.9 Å². The highest BCUT2D eigenvalue weighted by Gasteiger charge is 2.28. The monoisotopic (exact) mass is 490 g/mol. The Morgan fingerprint density at radius 1 is 1.18 bits per heavy atom. The van der Waals surface area contributed by atoms with Crippen LogP contribution in [-0.4, -0.2) is 61.8 Å². The molecule has 4 rings (SSSR count). The molecule has 1 aliphatic heterocycles. The quantitative estimate of drug-likeness (QED) is 0.546. The highest BCUT2D eigenvalue weighted by molar-refractivity contribution is 7.89. The summed E-state index contributed by atoms with van der Waals surface area (Å²) in [6.45, 7) is 1.54. The van der Waals surface area contributed by atoms with Gasteiger partial charge in [-0.1, -0.05) is 29.8 Å². The molecule has 11 heteroatoms. The fourth-order valence-corrected chi connectivity index (χ4v) is 5.13.